The molecular formula is C26H33N7O2. The minimum Gasteiger partial charge on any atom is -0.347 e. The van der Waals surface area contributed by atoms with E-state index in [1.54, 1.807) is 14.2 Å². The number of H-pyrrole nitrogens is 1. The average molecular weight is 476 g/mol. The molecule has 0 saturated carbocycles. The van der Waals surface area contributed by atoms with E-state index in [0.29, 0.717) is 30.5 Å². The number of benzene rings is 2. The summed E-state index contributed by atoms with van der Waals surface area (Å²) in [4.78, 5) is 4.85. The van der Waals surface area contributed by atoms with Crippen molar-refractivity contribution in [3.05, 3.63) is 65.7 Å². The molecule has 0 aliphatic heterocycles. The zero-order valence-electron chi connectivity index (χ0n) is 21.0. The molecular weight excluding hydrogens is 442 g/mol. The van der Waals surface area contributed by atoms with Crippen LogP contribution in [0.4, 0.5) is 0 Å². The van der Waals surface area contributed by atoms with E-state index in [4.69, 9.17) is 19.6 Å². The SMILES string of the molecule is CCC(OC)(OC)c1nc(CCC(C)C)n(Cc2ccc(-c3ccccc3-c3nnn[nH]3)cc2)n1. The number of hydrogen-bond acceptors (Lipinski definition) is 7. The smallest absolute Gasteiger partial charge is 0.231 e. The fourth-order valence-electron chi connectivity index (χ4n) is 4.16. The standard InChI is InChI=1S/C26H33N7O2/c1-6-26(34-4,35-5)25-27-23(16-11-18(2)3)33(30-25)17-19-12-14-20(15-13-19)21-9-7-8-10-22(21)24-28-31-32-29-24/h7-10,12-15,18H,6,11,16-17H2,1-5H3,(H,28,29,31,32). The molecule has 4 aromatic rings. The number of ether oxygens (including phenoxy) is 2. The van der Waals surface area contributed by atoms with Crippen LogP contribution in [0.25, 0.3) is 22.5 Å². The first-order valence-electron chi connectivity index (χ1n) is 12.0. The molecule has 0 spiro atoms. The van der Waals surface area contributed by atoms with Gasteiger partial charge in [-0.3, -0.25) is 0 Å². The molecule has 0 aliphatic carbocycles. The summed E-state index contributed by atoms with van der Waals surface area (Å²) in [5.41, 5.74) is 4.24. The maximum absolute atomic E-state index is 5.70. The Hall–Kier alpha value is -3.43. The van der Waals surface area contributed by atoms with E-state index in [0.717, 1.165) is 40.9 Å². The summed E-state index contributed by atoms with van der Waals surface area (Å²) >= 11 is 0. The van der Waals surface area contributed by atoms with Crippen molar-refractivity contribution in [3.8, 4) is 22.5 Å². The first-order valence-corrected chi connectivity index (χ1v) is 12.0. The van der Waals surface area contributed by atoms with Crippen molar-refractivity contribution in [2.45, 2.75) is 52.4 Å². The summed E-state index contributed by atoms with van der Waals surface area (Å²) in [6, 6.07) is 16.5. The topological polar surface area (TPSA) is 104 Å². The molecule has 1 N–H and O–H groups in total. The summed E-state index contributed by atoms with van der Waals surface area (Å²) in [7, 11) is 3.26. The van der Waals surface area contributed by atoms with Crippen LogP contribution in [0.5, 0.6) is 0 Å². The Morgan fingerprint density at radius 3 is 2.31 bits per heavy atom. The summed E-state index contributed by atoms with van der Waals surface area (Å²) in [6.07, 6.45) is 2.49. The molecule has 0 amide bonds. The van der Waals surface area contributed by atoms with Crippen LogP contribution in [0.15, 0.2) is 48.5 Å². The van der Waals surface area contributed by atoms with Gasteiger partial charge in [-0.25, -0.2) is 14.8 Å². The van der Waals surface area contributed by atoms with Gasteiger partial charge in [0.1, 0.15) is 5.82 Å². The van der Waals surface area contributed by atoms with Gasteiger partial charge in [0.15, 0.2) is 5.82 Å². The molecule has 0 atom stereocenters. The van der Waals surface area contributed by atoms with Crippen LogP contribution < -0.4 is 0 Å². The minimum absolute atomic E-state index is 0.565. The highest BCUT2D eigenvalue weighted by atomic mass is 16.7. The van der Waals surface area contributed by atoms with Crippen molar-refractivity contribution in [3.63, 3.8) is 0 Å². The van der Waals surface area contributed by atoms with E-state index in [2.05, 4.69) is 64.8 Å². The molecule has 0 unspecified atom stereocenters. The quantitative estimate of drug-likeness (QED) is 0.316. The molecule has 9 nitrogen and oxygen atoms in total. The monoisotopic (exact) mass is 475 g/mol. The number of aryl methyl sites for hydroxylation is 1. The molecule has 2 aromatic heterocycles. The third kappa shape index (κ3) is 5.31. The number of methoxy groups -OCH3 is 2. The Morgan fingerprint density at radius 1 is 1.00 bits per heavy atom. The largest absolute Gasteiger partial charge is 0.347 e. The maximum Gasteiger partial charge on any atom is 0.231 e. The molecule has 0 bridgehead atoms. The first kappa shape index (κ1) is 24.7. The van der Waals surface area contributed by atoms with E-state index >= 15 is 0 Å². The van der Waals surface area contributed by atoms with Crippen molar-refractivity contribution in [2.24, 2.45) is 5.92 Å². The fraction of sp³-hybridized carbons (Fsp3) is 0.423. The van der Waals surface area contributed by atoms with E-state index in [1.165, 1.54) is 0 Å². The van der Waals surface area contributed by atoms with E-state index in [-0.39, 0.29) is 0 Å². The van der Waals surface area contributed by atoms with Gasteiger partial charge in [-0.15, -0.1) is 10.2 Å². The van der Waals surface area contributed by atoms with E-state index in [1.807, 2.05) is 29.8 Å². The lowest BCUT2D eigenvalue weighted by molar-refractivity contribution is -0.222. The van der Waals surface area contributed by atoms with Crippen LogP contribution in [-0.4, -0.2) is 49.6 Å². The van der Waals surface area contributed by atoms with Crippen LogP contribution in [0, 0.1) is 5.92 Å². The van der Waals surface area contributed by atoms with Gasteiger partial charge in [0, 0.05) is 32.6 Å². The second kappa shape index (κ2) is 10.9. The molecule has 9 heteroatoms. The first-order chi connectivity index (χ1) is 17.0. The van der Waals surface area contributed by atoms with Gasteiger partial charge in [0.05, 0.1) is 6.54 Å². The van der Waals surface area contributed by atoms with Crippen molar-refractivity contribution in [2.75, 3.05) is 14.2 Å². The van der Waals surface area contributed by atoms with Crippen LogP contribution in [-0.2, 0) is 28.2 Å². The van der Waals surface area contributed by atoms with Crippen molar-refractivity contribution < 1.29 is 9.47 Å². The summed E-state index contributed by atoms with van der Waals surface area (Å²) in [5.74, 6) is 1.78. The van der Waals surface area contributed by atoms with Gasteiger partial charge in [-0.05, 0) is 39.5 Å². The van der Waals surface area contributed by atoms with Crippen molar-refractivity contribution in [1.29, 1.82) is 0 Å². The Labute approximate surface area is 205 Å². The average Bonchev–Trinajstić information content (AvgIpc) is 3.56. The summed E-state index contributed by atoms with van der Waals surface area (Å²) < 4.78 is 13.4. The molecule has 0 aliphatic rings. The summed E-state index contributed by atoms with van der Waals surface area (Å²) in [5, 5.41) is 19.2. The number of aromatic amines is 1. The van der Waals surface area contributed by atoms with Gasteiger partial charge in [-0.1, -0.05) is 69.3 Å². The molecule has 35 heavy (non-hydrogen) atoms. The number of rotatable bonds is 11. The second-order valence-electron chi connectivity index (χ2n) is 8.95. The normalized spacial score (nSPS) is 11.9. The Balaban J connectivity index is 1.62. The molecule has 184 valence electrons. The molecule has 0 radical (unpaired) electrons. The number of aromatic nitrogens is 7. The summed E-state index contributed by atoms with van der Waals surface area (Å²) in [6.45, 7) is 7.05. The van der Waals surface area contributed by atoms with Gasteiger partial charge in [-0.2, -0.15) is 0 Å². The third-order valence-corrected chi connectivity index (χ3v) is 6.28. The van der Waals surface area contributed by atoms with Gasteiger partial charge >= 0.3 is 0 Å². The number of nitrogens with one attached hydrogen (secondary N) is 1. The number of tetrazole rings is 1. The highest BCUT2D eigenvalue weighted by Gasteiger charge is 2.35. The van der Waals surface area contributed by atoms with Crippen molar-refractivity contribution >= 4 is 0 Å². The van der Waals surface area contributed by atoms with E-state index < -0.39 is 5.79 Å². The molecule has 2 heterocycles. The predicted octanol–water partition coefficient (Wildman–Crippen LogP) is 4.62. The Kier molecular flexibility index (Phi) is 7.67. The Morgan fingerprint density at radius 2 is 1.71 bits per heavy atom. The lowest BCUT2D eigenvalue weighted by Crippen LogP contribution is -2.31. The number of nitrogens with zero attached hydrogens (tertiary/aromatic N) is 6. The van der Waals surface area contributed by atoms with Gasteiger partial charge in [0.2, 0.25) is 11.6 Å². The number of hydrogen-bond donors (Lipinski definition) is 1. The maximum atomic E-state index is 5.70. The van der Waals surface area contributed by atoms with Crippen LogP contribution >= 0.6 is 0 Å². The highest BCUT2D eigenvalue weighted by molar-refractivity contribution is 5.80. The van der Waals surface area contributed by atoms with Crippen LogP contribution in [0.1, 0.15) is 50.8 Å². The zero-order valence-corrected chi connectivity index (χ0v) is 21.0. The minimum atomic E-state index is -0.943. The van der Waals surface area contributed by atoms with Crippen LogP contribution in [0.2, 0.25) is 0 Å². The second-order valence-corrected chi connectivity index (χ2v) is 8.95. The molecule has 4 rings (SSSR count). The third-order valence-electron chi connectivity index (χ3n) is 6.28. The van der Waals surface area contributed by atoms with Gasteiger partial charge < -0.3 is 9.47 Å². The lowest BCUT2D eigenvalue weighted by atomic mass is 9.98. The molecule has 2 aromatic carbocycles. The molecule has 0 saturated heterocycles. The van der Waals surface area contributed by atoms with Crippen molar-refractivity contribution in [1.82, 2.24) is 35.4 Å². The van der Waals surface area contributed by atoms with E-state index in [9.17, 15) is 0 Å². The lowest BCUT2D eigenvalue weighted by Gasteiger charge is -2.26. The molecule has 0 fully saturated rings. The van der Waals surface area contributed by atoms with Crippen LogP contribution in [0.3, 0.4) is 0 Å². The Bertz CT molecular complexity index is 1200. The predicted molar refractivity (Wildman–Crippen MR) is 133 cm³/mol. The fourth-order valence-corrected chi connectivity index (χ4v) is 4.16. The zero-order chi connectivity index (χ0) is 24.8. The highest BCUT2D eigenvalue weighted by Crippen LogP contribution is 2.30. The van der Waals surface area contributed by atoms with Gasteiger partial charge in [0.25, 0.3) is 0 Å².